The van der Waals surface area contributed by atoms with Gasteiger partial charge in [-0.15, -0.1) is 0 Å². The van der Waals surface area contributed by atoms with Crippen molar-refractivity contribution < 1.29 is 63.5 Å². The van der Waals surface area contributed by atoms with Gasteiger partial charge in [-0.25, -0.2) is 9.59 Å². The van der Waals surface area contributed by atoms with Crippen molar-refractivity contribution in [2.45, 2.75) is 57.9 Å². The Morgan fingerprint density at radius 2 is 1.70 bits per heavy atom. The highest BCUT2D eigenvalue weighted by atomic mass is 16.7. The van der Waals surface area contributed by atoms with Gasteiger partial charge in [0.2, 0.25) is 12.0 Å². The van der Waals surface area contributed by atoms with Crippen LogP contribution in [0.2, 0.25) is 0 Å². The van der Waals surface area contributed by atoms with E-state index in [2.05, 4.69) is 34.8 Å². The van der Waals surface area contributed by atoms with E-state index < -0.39 is 49.3 Å². The molecule has 50 heavy (non-hydrogen) atoms. The number of aliphatic hydroxyl groups excluding tert-OH is 3. The highest BCUT2D eigenvalue weighted by Crippen LogP contribution is 2.38. The van der Waals surface area contributed by atoms with Crippen molar-refractivity contribution in [2.24, 2.45) is 16.6 Å². The Balaban J connectivity index is 1.79. The van der Waals surface area contributed by atoms with Gasteiger partial charge in [0.1, 0.15) is 37.8 Å². The van der Waals surface area contributed by atoms with Crippen LogP contribution in [0.4, 0.5) is 5.69 Å². The summed E-state index contributed by atoms with van der Waals surface area (Å²) >= 11 is 0. The largest absolute Gasteiger partial charge is 0.502 e. The topological polar surface area (TPSA) is 265 Å². The molecule has 2 aromatic rings. The monoisotopic (exact) mass is 709 g/mol. The summed E-state index contributed by atoms with van der Waals surface area (Å²) in [4.78, 5) is 28.8. The number of anilines is 1. The predicted octanol–water partition coefficient (Wildman–Crippen LogP) is 0.417. The average Bonchev–Trinajstić information content (AvgIpc) is 3.08. The third-order valence-corrected chi connectivity index (χ3v) is 7.42. The summed E-state index contributed by atoms with van der Waals surface area (Å²) in [5.74, 6) is -2.29. The van der Waals surface area contributed by atoms with E-state index in [-0.39, 0.29) is 65.0 Å². The molecule has 5 atom stereocenters. The lowest BCUT2D eigenvalue weighted by molar-refractivity contribution is -0.277. The maximum Gasteiger partial charge on any atom is 0.338 e. The summed E-state index contributed by atoms with van der Waals surface area (Å²) in [6.07, 6.45) is -7.49. The van der Waals surface area contributed by atoms with Crippen LogP contribution in [0.15, 0.2) is 29.3 Å². The number of carboxylic acids is 1. The lowest BCUT2D eigenvalue weighted by Gasteiger charge is -2.40. The van der Waals surface area contributed by atoms with Gasteiger partial charge in [-0.2, -0.15) is 0 Å². The van der Waals surface area contributed by atoms with E-state index in [4.69, 9.17) is 34.2 Å². The molecule has 1 fully saturated rings. The van der Waals surface area contributed by atoms with E-state index in [9.17, 15) is 35.1 Å². The van der Waals surface area contributed by atoms with E-state index in [1.54, 1.807) is 6.92 Å². The van der Waals surface area contributed by atoms with Gasteiger partial charge in [0.15, 0.2) is 35.7 Å². The maximum atomic E-state index is 13.1. The summed E-state index contributed by atoms with van der Waals surface area (Å²) in [6.45, 7) is 6.12. The van der Waals surface area contributed by atoms with Crippen LogP contribution in [0.1, 0.15) is 47.9 Å². The second-order valence-electron chi connectivity index (χ2n) is 11.5. The molecule has 18 heteroatoms. The molecule has 0 amide bonds. The van der Waals surface area contributed by atoms with Crippen LogP contribution in [0, 0.1) is 5.92 Å². The van der Waals surface area contributed by atoms with Crippen molar-refractivity contribution in [2.75, 3.05) is 52.6 Å². The first-order valence-electron chi connectivity index (χ1n) is 15.8. The lowest BCUT2D eigenvalue weighted by Crippen LogP contribution is -2.60. The quantitative estimate of drug-likeness (QED) is 0.0334. The highest BCUT2D eigenvalue weighted by Gasteiger charge is 2.46. The molecule has 2 aromatic carbocycles. The third-order valence-electron chi connectivity index (χ3n) is 7.42. The first-order chi connectivity index (χ1) is 23.8. The molecule has 10 N–H and O–H groups in total. The smallest absolute Gasteiger partial charge is 0.338 e. The fourth-order valence-corrected chi connectivity index (χ4v) is 4.62. The number of aliphatic imine (C=N–C) groups is 1. The molecule has 1 aliphatic rings. The number of nitrogens with one attached hydrogen (secondary N) is 3. The number of guanidine groups is 1. The van der Waals surface area contributed by atoms with E-state index in [0.717, 1.165) is 6.42 Å². The molecule has 0 aliphatic carbocycles. The molecule has 1 heterocycles. The summed E-state index contributed by atoms with van der Waals surface area (Å²) in [6, 6.07) is 4.98. The van der Waals surface area contributed by atoms with Gasteiger partial charge in [-0.05, 0) is 37.9 Å². The fraction of sp³-hybridized carbons (Fsp3) is 0.531. The minimum absolute atomic E-state index is 0.0411. The molecular weight excluding hydrogens is 662 g/mol. The average molecular weight is 710 g/mol. The minimum Gasteiger partial charge on any atom is -0.502 e. The Kier molecular flexibility index (Phi) is 15.0. The number of phenolic OH excluding ortho intramolecular Hbond substituents is 1. The number of phenols is 1. The van der Waals surface area contributed by atoms with Crippen molar-refractivity contribution in [1.82, 2.24) is 10.6 Å². The zero-order valence-electron chi connectivity index (χ0n) is 28.5. The summed E-state index contributed by atoms with van der Waals surface area (Å²) in [5, 5.41) is 61.0. The van der Waals surface area contributed by atoms with Crippen molar-refractivity contribution in [3.63, 3.8) is 0 Å². The van der Waals surface area contributed by atoms with Gasteiger partial charge in [0.05, 0.1) is 23.9 Å². The summed E-state index contributed by atoms with van der Waals surface area (Å²) in [5.41, 5.74) is 5.58. The van der Waals surface area contributed by atoms with Gasteiger partial charge in [-0.1, -0.05) is 13.8 Å². The number of aromatic hydroxyl groups is 1. The number of aromatic carboxylic acids is 1. The molecule has 0 radical (unpaired) electrons. The standard InChI is InChI=1S/C32H47N5O13/c1-6-36-19-12-21(20(11-18(19)29(42)43)48-15-37-32(33)34-4)49-31-28(41)27(40)26(39)24(50-31)13-46-30(44)17-9-22(45-5)25(38)23(10-17)47-14-35-8-7-16(2)3/h9-12,16,24,26-28,31,35-36,38-41H,6-8,13-15H2,1-5H3,(H,42,43)(H3,33,34,37)/t24-,26-,27+,28-,31+/m1/s1. The Hall–Kier alpha value is -4.75. The number of nitrogens with two attached hydrogens (primary N) is 1. The van der Waals surface area contributed by atoms with Crippen LogP contribution in [-0.2, 0) is 9.47 Å². The molecular formula is C32H47N5O13. The molecule has 3 rings (SSSR count). The number of carbonyl (C=O) groups excluding carboxylic acids is 1. The number of benzene rings is 2. The zero-order chi connectivity index (χ0) is 37.0. The van der Waals surface area contributed by atoms with Crippen LogP contribution < -0.4 is 40.6 Å². The Morgan fingerprint density at radius 1 is 1.00 bits per heavy atom. The molecule has 18 nitrogen and oxygen atoms in total. The number of esters is 1. The first-order valence-corrected chi connectivity index (χ1v) is 15.8. The van der Waals surface area contributed by atoms with Crippen molar-refractivity contribution in [1.29, 1.82) is 0 Å². The molecule has 278 valence electrons. The van der Waals surface area contributed by atoms with Crippen molar-refractivity contribution in [3.05, 3.63) is 35.4 Å². The SMILES string of the molecule is CCNc1cc(O[C@H]2O[C@H](COC(=O)c3cc(OC)c(O)c(OCNCCC(C)C)c3)[C@@H](O)[C@H](O)[C@H]2O)c(OCNC(N)=NC)cc1C(=O)O. The number of hydrogen-bond donors (Lipinski definition) is 9. The second-order valence-corrected chi connectivity index (χ2v) is 11.5. The normalized spacial score (nSPS) is 20.6. The number of carboxylic acid groups (broad SMARTS) is 1. The molecule has 0 spiro atoms. The Bertz CT molecular complexity index is 1470. The Morgan fingerprint density at radius 3 is 2.34 bits per heavy atom. The highest BCUT2D eigenvalue weighted by molar-refractivity contribution is 5.95. The maximum absolute atomic E-state index is 13.1. The van der Waals surface area contributed by atoms with Crippen molar-refractivity contribution in [3.8, 4) is 28.7 Å². The number of aliphatic hydroxyl groups is 3. The lowest BCUT2D eigenvalue weighted by atomic mass is 9.99. The number of nitrogens with zero attached hydrogens (tertiary/aromatic N) is 1. The number of ether oxygens (including phenoxy) is 6. The van der Waals surface area contributed by atoms with E-state index >= 15 is 0 Å². The molecule has 0 aromatic heterocycles. The molecule has 0 saturated carbocycles. The summed E-state index contributed by atoms with van der Waals surface area (Å²) in [7, 11) is 2.74. The second kappa shape index (κ2) is 18.9. The number of carbonyl (C=O) groups is 2. The number of rotatable bonds is 18. The van der Waals surface area contributed by atoms with E-state index in [1.165, 1.54) is 38.4 Å². The minimum atomic E-state index is -1.81. The fourth-order valence-electron chi connectivity index (χ4n) is 4.62. The first kappa shape index (κ1) is 39.7. The van der Waals surface area contributed by atoms with Crippen LogP contribution in [0.25, 0.3) is 0 Å². The molecule has 1 saturated heterocycles. The van der Waals surface area contributed by atoms with Gasteiger partial charge in [0, 0.05) is 25.7 Å². The van der Waals surface area contributed by atoms with Crippen LogP contribution in [0.3, 0.4) is 0 Å². The van der Waals surface area contributed by atoms with Crippen molar-refractivity contribution >= 4 is 23.6 Å². The zero-order valence-corrected chi connectivity index (χ0v) is 28.5. The Labute approximate surface area is 289 Å². The number of hydrogen-bond acceptors (Lipinski definition) is 15. The third kappa shape index (κ3) is 10.6. The van der Waals surface area contributed by atoms with Gasteiger partial charge in [0.25, 0.3) is 0 Å². The number of methoxy groups -OCH3 is 1. The van der Waals surface area contributed by atoms with E-state index in [0.29, 0.717) is 19.0 Å². The predicted molar refractivity (Wildman–Crippen MR) is 179 cm³/mol. The van der Waals surface area contributed by atoms with Crippen LogP contribution in [0.5, 0.6) is 28.7 Å². The van der Waals surface area contributed by atoms with Crippen LogP contribution >= 0.6 is 0 Å². The van der Waals surface area contributed by atoms with Crippen LogP contribution in [-0.4, -0.2) is 121 Å². The molecule has 0 unspecified atom stereocenters. The van der Waals surface area contributed by atoms with Gasteiger partial charge < -0.3 is 70.3 Å². The molecule has 1 aliphatic heterocycles. The van der Waals surface area contributed by atoms with Gasteiger partial charge in [-0.3, -0.25) is 10.3 Å². The molecule has 0 bridgehead atoms. The van der Waals surface area contributed by atoms with E-state index in [1.807, 2.05) is 0 Å². The van der Waals surface area contributed by atoms with Gasteiger partial charge >= 0.3 is 11.9 Å². The summed E-state index contributed by atoms with van der Waals surface area (Å²) < 4.78 is 33.4.